The fourth-order valence-electron chi connectivity index (χ4n) is 0.326. The van der Waals surface area contributed by atoms with Gasteiger partial charge in [-0.2, -0.15) is 0 Å². The van der Waals surface area contributed by atoms with Crippen LogP contribution in [0.5, 0.6) is 0 Å². The van der Waals surface area contributed by atoms with E-state index in [-0.39, 0.29) is 6.61 Å². The van der Waals surface area contributed by atoms with Crippen molar-refractivity contribution in [2.75, 3.05) is 26.7 Å². The van der Waals surface area contributed by atoms with Crippen molar-refractivity contribution in [2.24, 2.45) is 0 Å². The first kappa shape index (κ1) is 10.1. The van der Waals surface area contributed by atoms with Crippen LogP contribution in [0, 0.1) is 0 Å². The predicted octanol–water partition coefficient (Wildman–Crippen LogP) is -0.215. The molecular weight excluding hydrogens is 159 g/mol. The largest absolute Gasteiger partial charge is 0.382 e. The summed E-state index contributed by atoms with van der Waals surface area (Å²) in [4.78, 5) is 16.5. The van der Waals surface area contributed by atoms with Crippen LogP contribution in [0.2, 0.25) is 0 Å². The molecule has 0 aromatic rings. The van der Waals surface area contributed by atoms with Gasteiger partial charge in [-0.05, 0) is 0 Å². The molecule has 0 radical (unpaired) electrons. The van der Waals surface area contributed by atoms with Crippen molar-refractivity contribution in [3.8, 4) is 0 Å². The van der Waals surface area contributed by atoms with Crippen LogP contribution in [0.4, 0.5) is 0 Å². The van der Waals surface area contributed by atoms with E-state index in [1.807, 2.05) is 0 Å². The van der Waals surface area contributed by atoms with E-state index in [9.17, 15) is 4.57 Å². The summed E-state index contributed by atoms with van der Waals surface area (Å²) in [5, 5.41) is 0. The summed E-state index contributed by atoms with van der Waals surface area (Å²) in [5.41, 5.74) is 0. The highest BCUT2D eigenvalue weighted by molar-refractivity contribution is 7.51. The standard InChI is InChI=1S/C4H11O5P/c1-8-2-3-9-4-10(5,6)7/h2-4H2,1H3,(H2,5,6,7). The van der Waals surface area contributed by atoms with E-state index in [0.717, 1.165) is 0 Å². The van der Waals surface area contributed by atoms with Crippen LogP contribution >= 0.6 is 7.60 Å². The zero-order valence-corrected chi connectivity index (χ0v) is 6.58. The van der Waals surface area contributed by atoms with Crippen molar-refractivity contribution in [1.82, 2.24) is 0 Å². The molecule has 0 aromatic heterocycles. The summed E-state index contributed by atoms with van der Waals surface area (Å²) in [6.07, 6.45) is -0.531. The van der Waals surface area contributed by atoms with Crippen LogP contribution in [0.3, 0.4) is 0 Å². The van der Waals surface area contributed by atoms with Crippen LogP contribution < -0.4 is 0 Å². The van der Waals surface area contributed by atoms with E-state index < -0.39 is 13.9 Å². The first-order valence-electron chi connectivity index (χ1n) is 2.67. The monoisotopic (exact) mass is 170 g/mol. The molecule has 0 spiro atoms. The molecule has 0 aliphatic heterocycles. The maximum absolute atomic E-state index is 10.1. The zero-order chi connectivity index (χ0) is 8.04. The zero-order valence-electron chi connectivity index (χ0n) is 5.69. The molecular formula is C4H11O5P. The maximum atomic E-state index is 10.1. The van der Waals surface area contributed by atoms with E-state index >= 15 is 0 Å². The molecule has 0 heterocycles. The predicted molar refractivity (Wildman–Crippen MR) is 34.7 cm³/mol. The molecule has 0 aliphatic carbocycles. The lowest BCUT2D eigenvalue weighted by molar-refractivity contribution is 0.0855. The lowest BCUT2D eigenvalue weighted by Gasteiger charge is -2.03. The normalized spacial score (nSPS) is 11.9. The number of methoxy groups -OCH3 is 1. The Hall–Kier alpha value is 0.0700. The van der Waals surface area contributed by atoms with Gasteiger partial charge in [0.05, 0.1) is 13.2 Å². The second kappa shape index (κ2) is 4.82. The van der Waals surface area contributed by atoms with Crippen molar-refractivity contribution < 1.29 is 23.8 Å². The smallest absolute Gasteiger partial charge is 0.350 e. The number of hydrogen-bond donors (Lipinski definition) is 2. The number of rotatable bonds is 5. The van der Waals surface area contributed by atoms with Gasteiger partial charge in [-0.15, -0.1) is 0 Å². The molecule has 0 rings (SSSR count). The van der Waals surface area contributed by atoms with Crippen LogP contribution in [0.15, 0.2) is 0 Å². The molecule has 5 nitrogen and oxygen atoms in total. The Labute approximate surface area is 59.1 Å². The first-order chi connectivity index (χ1) is 4.56. The third kappa shape index (κ3) is 8.07. The molecule has 0 saturated heterocycles. The van der Waals surface area contributed by atoms with Gasteiger partial charge in [0.2, 0.25) is 0 Å². The number of hydrogen-bond acceptors (Lipinski definition) is 3. The summed E-state index contributed by atoms with van der Waals surface area (Å²) < 4.78 is 19.3. The third-order valence-corrected chi connectivity index (χ3v) is 1.21. The van der Waals surface area contributed by atoms with Gasteiger partial charge in [0.15, 0.2) is 0 Å². The van der Waals surface area contributed by atoms with Crippen LogP contribution in [-0.2, 0) is 14.0 Å². The minimum absolute atomic E-state index is 0.210. The summed E-state index contributed by atoms with van der Waals surface area (Å²) in [6.45, 7) is 0.557. The van der Waals surface area contributed by atoms with Gasteiger partial charge in [-0.25, -0.2) is 0 Å². The van der Waals surface area contributed by atoms with E-state index in [1.54, 1.807) is 0 Å². The quantitative estimate of drug-likeness (QED) is 0.440. The molecule has 0 saturated carbocycles. The van der Waals surface area contributed by atoms with Crippen LogP contribution in [0.1, 0.15) is 0 Å². The van der Waals surface area contributed by atoms with Crippen molar-refractivity contribution in [3.05, 3.63) is 0 Å². The first-order valence-corrected chi connectivity index (χ1v) is 4.47. The Bertz CT molecular complexity index is 119. The fourth-order valence-corrected chi connectivity index (χ4v) is 0.693. The summed E-state index contributed by atoms with van der Waals surface area (Å²) in [7, 11) is -2.50. The SMILES string of the molecule is COCCOCP(=O)(O)O. The minimum Gasteiger partial charge on any atom is -0.382 e. The highest BCUT2D eigenvalue weighted by Crippen LogP contribution is 2.33. The van der Waals surface area contributed by atoms with Crippen molar-refractivity contribution >= 4 is 7.60 Å². The van der Waals surface area contributed by atoms with Crippen molar-refractivity contribution in [1.29, 1.82) is 0 Å². The maximum Gasteiger partial charge on any atom is 0.350 e. The van der Waals surface area contributed by atoms with Crippen molar-refractivity contribution in [2.45, 2.75) is 0 Å². The van der Waals surface area contributed by atoms with E-state index in [2.05, 4.69) is 9.47 Å². The van der Waals surface area contributed by atoms with E-state index in [4.69, 9.17) is 9.79 Å². The van der Waals surface area contributed by atoms with Gasteiger partial charge in [0.25, 0.3) is 0 Å². The molecule has 62 valence electrons. The molecule has 6 heteroatoms. The fraction of sp³-hybridized carbons (Fsp3) is 1.00. The Morgan fingerprint density at radius 2 is 2.00 bits per heavy atom. The average Bonchev–Trinajstić information content (AvgIpc) is 1.78. The second-order valence-corrected chi connectivity index (χ2v) is 3.28. The second-order valence-electron chi connectivity index (χ2n) is 1.69. The highest BCUT2D eigenvalue weighted by atomic mass is 31.2. The Morgan fingerprint density at radius 1 is 1.40 bits per heavy atom. The molecule has 0 aliphatic rings. The lowest BCUT2D eigenvalue weighted by atomic mass is 10.8. The van der Waals surface area contributed by atoms with Crippen LogP contribution in [0.25, 0.3) is 0 Å². The third-order valence-electron chi connectivity index (χ3n) is 0.691. The van der Waals surface area contributed by atoms with Gasteiger partial charge in [0, 0.05) is 7.11 Å². The molecule has 0 amide bonds. The molecule has 0 unspecified atom stereocenters. The van der Waals surface area contributed by atoms with E-state index in [0.29, 0.717) is 6.61 Å². The van der Waals surface area contributed by atoms with Gasteiger partial charge < -0.3 is 19.3 Å². The molecule has 0 fully saturated rings. The average molecular weight is 170 g/mol. The van der Waals surface area contributed by atoms with Gasteiger partial charge in [-0.3, -0.25) is 4.57 Å². The molecule has 2 N–H and O–H groups in total. The van der Waals surface area contributed by atoms with Gasteiger partial charge in [0.1, 0.15) is 6.35 Å². The number of ether oxygens (including phenoxy) is 2. The van der Waals surface area contributed by atoms with Crippen LogP contribution in [-0.4, -0.2) is 36.5 Å². The summed E-state index contributed by atoms with van der Waals surface area (Å²) >= 11 is 0. The van der Waals surface area contributed by atoms with Gasteiger partial charge >= 0.3 is 7.60 Å². The Morgan fingerprint density at radius 3 is 2.40 bits per heavy atom. The lowest BCUT2D eigenvalue weighted by Crippen LogP contribution is -2.02. The molecule has 0 aromatic carbocycles. The topological polar surface area (TPSA) is 76.0 Å². The van der Waals surface area contributed by atoms with E-state index in [1.165, 1.54) is 7.11 Å². The molecule has 0 bridgehead atoms. The molecule has 0 atom stereocenters. The van der Waals surface area contributed by atoms with Gasteiger partial charge in [-0.1, -0.05) is 0 Å². The molecule has 10 heavy (non-hydrogen) atoms. The summed E-state index contributed by atoms with van der Waals surface area (Å²) in [5.74, 6) is 0. The van der Waals surface area contributed by atoms with Crippen molar-refractivity contribution in [3.63, 3.8) is 0 Å². The highest BCUT2D eigenvalue weighted by Gasteiger charge is 2.11. The Balaban J connectivity index is 3.13. The Kier molecular flexibility index (Phi) is 4.85. The minimum atomic E-state index is -3.98. The summed E-state index contributed by atoms with van der Waals surface area (Å²) in [6, 6.07) is 0.